The van der Waals surface area contributed by atoms with E-state index in [4.69, 9.17) is 0 Å². The molecule has 5 nitrogen and oxygen atoms in total. The Bertz CT molecular complexity index is 931. The van der Waals surface area contributed by atoms with E-state index in [1.165, 1.54) is 18.2 Å². The van der Waals surface area contributed by atoms with Gasteiger partial charge in [0.15, 0.2) is 11.6 Å². The van der Waals surface area contributed by atoms with Gasteiger partial charge in [0.1, 0.15) is 0 Å². The van der Waals surface area contributed by atoms with E-state index < -0.39 is 4.92 Å². The number of rotatable bonds is 1. The summed E-state index contributed by atoms with van der Waals surface area (Å²) >= 11 is 3.43. The standard InChI is InChI=1S/C17H12BrNO4/c1-7-8(2)13-14(15(18)9(7)3)16(20)11-5-4-10(19(22)23)6-12(11)17(13)21/h4-6H,1-3H3. The van der Waals surface area contributed by atoms with Crippen molar-refractivity contribution in [2.45, 2.75) is 20.8 Å². The smallest absolute Gasteiger partial charge is 0.270 e. The van der Waals surface area contributed by atoms with E-state index in [9.17, 15) is 19.7 Å². The first-order chi connectivity index (χ1) is 10.8. The molecule has 0 saturated heterocycles. The molecule has 23 heavy (non-hydrogen) atoms. The quantitative estimate of drug-likeness (QED) is 0.476. The second kappa shape index (κ2) is 5.09. The van der Waals surface area contributed by atoms with E-state index in [0.29, 0.717) is 15.6 Å². The lowest BCUT2D eigenvalue weighted by molar-refractivity contribution is -0.384. The number of benzene rings is 2. The lowest BCUT2D eigenvalue weighted by atomic mass is 9.79. The van der Waals surface area contributed by atoms with Crippen molar-refractivity contribution < 1.29 is 14.5 Å². The van der Waals surface area contributed by atoms with Gasteiger partial charge < -0.3 is 0 Å². The van der Waals surface area contributed by atoms with Crippen LogP contribution < -0.4 is 0 Å². The molecule has 0 atom stereocenters. The average Bonchev–Trinajstić information content (AvgIpc) is 2.53. The summed E-state index contributed by atoms with van der Waals surface area (Å²) in [4.78, 5) is 36.1. The number of nitrogens with zero attached hydrogens (tertiary/aromatic N) is 1. The van der Waals surface area contributed by atoms with Crippen molar-refractivity contribution in [2.75, 3.05) is 0 Å². The SMILES string of the molecule is Cc1c(C)c(Br)c2c(c1C)C(=O)c1cc([N+](=O)[O-])ccc1C2=O. The third kappa shape index (κ3) is 2.05. The molecule has 0 fully saturated rings. The van der Waals surface area contributed by atoms with E-state index in [-0.39, 0.29) is 28.4 Å². The molecule has 0 heterocycles. The Morgan fingerprint density at radius 1 is 0.913 bits per heavy atom. The summed E-state index contributed by atoms with van der Waals surface area (Å²) in [6.07, 6.45) is 0. The van der Waals surface area contributed by atoms with Crippen molar-refractivity contribution in [3.63, 3.8) is 0 Å². The number of carbonyl (C=O) groups excluding carboxylic acids is 2. The summed E-state index contributed by atoms with van der Waals surface area (Å²) < 4.78 is 0.609. The lowest BCUT2D eigenvalue weighted by Crippen LogP contribution is -2.24. The molecule has 6 heteroatoms. The predicted molar refractivity (Wildman–Crippen MR) is 88.3 cm³/mol. The molecular weight excluding hydrogens is 362 g/mol. The molecule has 0 unspecified atom stereocenters. The molecule has 1 aliphatic carbocycles. The fourth-order valence-electron chi connectivity index (χ4n) is 2.92. The maximum atomic E-state index is 12.9. The fraction of sp³-hybridized carbons (Fsp3) is 0.176. The molecular formula is C17H12BrNO4. The highest BCUT2D eigenvalue weighted by Crippen LogP contribution is 2.38. The molecule has 0 saturated carbocycles. The van der Waals surface area contributed by atoms with Gasteiger partial charge in [-0.1, -0.05) is 0 Å². The number of halogens is 1. The van der Waals surface area contributed by atoms with Gasteiger partial charge in [-0.2, -0.15) is 0 Å². The van der Waals surface area contributed by atoms with Crippen LogP contribution in [0.15, 0.2) is 22.7 Å². The van der Waals surface area contributed by atoms with Gasteiger partial charge in [-0.25, -0.2) is 0 Å². The molecule has 116 valence electrons. The van der Waals surface area contributed by atoms with Crippen molar-refractivity contribution in [2.24, 2.45) is 0 Å². The van der Waals surface area contributed by atoms with Gasteiger partial charge in [-0.15, -0.1) is 0 Å². The maximum absolute atomic E-state index is 12.9. The molecule has 0 spiro atoms. The summed E-state index contributed by atoms with van der Waals surface area (Å²) in [5.74, 6) is -0.637. The first-order valence-corrected chi connectivity index (χ1v) is 7.72. The highest BCUT2D eigenvalue weighted by Gasteiger charge is 2.35. The van der Waals surface area contributed by atoms with Gasteiger partial charge in [0.25, 0.3) is 5.69 Å². The first kappa shape index (κ1) is 15.6. The lowest BCUT2D eigenvalue weighted by Gasteiger charge is -2.23. The highest BCUT2D eigenvalue weighted by molar-refractivity contribution is 9.10. The van der Waals surface area contributed by atoms with Crippen molar-refractivity contribution in [1.29, 1.82) is 0 Å². The Kier molecular flexibility index (Phi) is 3.44. The minimum absolute atomic E-state index is 0.0925. The molecule has 3 rings (SSSR count). The number of ketones is 2. The third-order valence-electron chi connectivity index (χ3n) is 4.46. The minimum atomic E-state index is -0.573. The molecule has 0 aromatic heterocycles. The summed E-state index contributed by atoms with van der Waals surface area (Å²) in [5, 5.41) is 10.9. The number of hydrogen-bond acceptors (Lipinski definition) is 4. The Morgan fingerprint density at radius 2 is 1.52 bits per heavy atom. The van der Waals surface area contributed by atoms with Gasteiger partial charge in [0.2, 0.25) is 0 Å². The van der Waals surface area contributed by atoms with Crippen molar-refractivity contribution in [3.8, 4) is 0 Å². The molecule has 0 radical (unpaired) electrons. The number of non-ortho nitro benzene ring substituents is 1. The largest absolute Gasteiger partial charge is 0.289 e. The molecule has 1 aliphatic rings. The van der Waals surface area contributed by atoms with E-state index in [2.05, 4.69) is 15.9 Å². The molecule has 0 N–H and O–H groups in total. The fourth-order valence-corrected chi connectivity index (χ4v) is 3.59. The van der Waals surface area contributed by atoms with Gasteiger partial charge >= 0.3 is 0 Å². The number of nitro groups is 1. The second-order valence-electron chi connectivity index (χ2n) is 5.58. The van der Waals surface area contributed by atoms with Crippen LogP contribution in [0.25, 0.3) is 0 Å². The highest BCUT2D eigenvalue weighted by atomic mass is 79.9. The Hall–Kier alpha value is -2.34. The van der Waals surface area contributed by atoms with Gasteiger partial charge in [0, 0.05) is 38.9 Å². The van der Waals surface area contributed by atoms with Crippen molar-refractivity contribution in [3.05, 3.63) is 71.7 Å². The van der Waals surface area contributed by atoms with Crippen LogP contribution in [0.2, 0.25) is 0 Å². The van der Waals surface area contributed by atoms with Crippen LogP contribution in [0.3, 0.4) is 0 Å². The maximum Gasteiger partial charge on any atom is 0.270 e. The van der Waals surface area contributed by atoms with E-state index >= 15 is 0 Å². The van der Waals surface area contributed by atoms with Gasteiger partial charge in [0.05, 0.1) is 4.92 Å². The van der Waals surface area contributed by atoms with Crippen molar-refractivity contribution in [1.82, 2.24) is 0 Å². The molecule has 0 amide bonds. The van der Waals surface area contributed by atoms with Crippen LogP contribution >= 0.6 is 15.9 Å². The van der Waals surface area contributed by atoms with Crippen LogP contribution in [0, 0.1) is 30.9 Å². The Labute approximate surface area is 140 Å². The number of nitro benzene ring substituents is 1. The second-order valence-corrected chi connectivity index (χ2v) is 6.38. The predicted octanol–water partition coefficient (Wildman–Crippen LogP) is 4.06. The molecule has 2 aromatic carbocycles. The molecule has 0 aliphatic heterocycles. The van der Waals surface area contributed by atoms with Crippen LogP contribution in [0.4, 0.5) is 5.69 Å². The number of hydrogen-bond donors (Lipinski definition) is 0. The Morgan fingerprint density at radius 3 is 2.13 bits per heavy atom. The zero-order chi connectivity index (χ0) is 17.0. The van der Waals surface area contributed by atoms with Gasteiger partial charge in [-0.05, 0) is 59.5 Å². The average molecular weight is 374 g/mol. The van der Waals surface area contributed by atoms with Crippen LogP contribution in [-0.4, -0.2) is 16.5 Å². The van der Waals surface area contributed by atoms with E-state index in [1.807, 2.05) is 13.8 Å². The summed E-state index contributed by atoms with van der Waals surface area (Å²) in [6, 6.07) is 3.78. The molecule has 0 bridgehead atoms. The monoisotopic (exact) mass is 373 g/mol. The minimum Gasteiger partial charge on any atom is -0.289 e. The van der Waals surface area contributed by atoms with Crippen LogP contribution in [-0.2, 0) is 0 Å². The summed E-state index contributed by atoms with van der Waals surface area (Å²) in [6.45, 7) is 5.56. The zero-order valence-corrected chi connectivity index (χ0v) is 14.3. The van der Waals surface area contributed by atoms with Crippen LogP contribution in [0.5, 0.6) is 0 Å². The number of carbonyl (C=O) groups is 2. The van der Waals surface area contributed by atoms with Gasteiger partial charge in [-0.3, -0.25) is 19.7 Å². The number of fused-ring (bicyclic) bond motifs is 2. The topological polar surface area (TPSA) is 77.3 Å². The van der Waals surface area contributed by atoms with Crippen molar-refractivity contribution >= 4 is 33.2 Å². The van der Waals surface area contributed by atoms with E-state index in [0.717, 1.165) is 16.7 Å². The molecule has 2 aromatic rings. The summed E-state index contributed by atoms with van der Waals surface area (Å²) in [7, 11) is 0. The Balaban J connectivity index is 2.38. The van der Waals surface area contributed by atoms with Crippen LogP contribution in [0.1, 0.15) is 48.5 Å². The summed E-state index contributed by atoms with van der Waals surface area (Å²) in [5.41, 5.74) is 3.34. The first-order valence-electron chi connectivity index (χ1n) is 6.92. The normalized spacial score (nSPS) is 12.9. The van der Waals surface area contributed by atoms with E-state index in [1.54, 1.807) is 6.92 Å². The zero-order valence-electron chi connectivity index (χ0n) is 12.7. The third-order valence-corrected chi connectivity index (χ3v) is 5.45.